The number of nitrogens with one attached hydrogen (secondary N) is 1. The Hall–Kier alpha value is -2.38. The number of benzene rings is 3. The van der Waals surface area contributed by atoms with Crippen LogP contribution < -0.4 is 5.32 Å². The Kier molecular flexibility index (Phi) is 3.28. The van der Waals surface area contributed by atoms with Gasteiger partial charge in [0.15, 0.2) is 0 Å². The second kappa shape index (κ2) is 5.43. The summed E-state index contributed by atoms with van der Waals surface area (Å²) in [6.45, 7) is 4.21. The largest absolute Gasteiger partial charge is 0.309 e. The van der Waals surface area contributed by atoms with E-state index in [0.717, 1.165) is 13.1 Å². The molecule has 0 aromatic heterocycles. The van der Waals surface area contributed by atoms with E-state index >= 15 is 0 Å². The van der Waals surface area contributed by atoms with Gasteiger partial charge in [0.25, 0.3) is 0 Å². The van der Waals surface area contributed by atoms with Gasteiger partial charge in [0.2, 0.25) is 0 Å². The van der Waals surface area contributed by atoms with Crippen molar-refractivity contribution in [3.05, 3.63) is 83.4 Å². The monoisotopic (exact) mass is 285 g/mol. The van der Waals surface area contributed by atoms with E-state index < -0.39 is 0 Å². The summed E-state index contributed by atoms with van der Waals surface area (Å²) in [4.78, 5) is 0. The van der Waals surface area contributed by atoms with E-state index in [1.54, 1.807) is 0 Å². The van der Waals surface area contributed by atoms with Crippen molar-refractivity contribution < 1.29 is 0 Å². The van der Waals surface area contributed by atoms with Crippen LogP contribution in [0.5, 0.6) is 0 Å². The summed E-state index contributed by atoms with van der Waals surface area (Å²) in [5.41, 5.74) is 9.46. The minimum atomic E-state index is 0.987. The lowest BCUT2D eigenvalue weighted by Crippen LogP contribution is -1.99. The standard InChI is InChI=1S/C21H19N/c1-15-20(16-6-3-2-4-7-16)8-5-9-21(15)17-10-11-18-13-22-14-19(18)12-17/h2-12,22H,13-14H2,1H3. The van der Waals surface area contributed by atoms with Crippen LogP contribution in [0.15, 0.2) is 66.7 Å². The van der Waals surface area contributed by atoms with Crippen LogP contribution in [0.3, 0.4) is 0 Å². The van der Waals surface area contributed by atoms with Gasteiger partial charge in [0.1, 0.15) is 0 Å². The molecule has 22 heavy (non-hydrogen) atoms. The summed E-state index contributed by atoms with van der Waals surface area (Å²) in [5.74, 6) is 0. The molecule has 4 rings (SSSR count). The van der Waals surface area contributed by atoms with E-state index in [1.807, 2.05) is 0 Å². The average Bonchev–Trinajstić information content (AvgIpc) is 3.03. The Morgan fingerprint density at radius 3 is 2.23 bits per heavy atom. The maximum atomic E-state index is 3.42. The quantitative estimate of drug-likeness (QED) is 0.704. The van der Waals surface area contributed by atoms with Gasteiger partial charge in [-0.05, 0) is 51.9 Å². The van der Waals surface area contributed by atoms with Crippen molar-refractivity contribution in [1.82, 2.24) is 5.32 Å². The van der Waals surface area contributed by atoms with Gasteiger partial charge in [-0.3, -0.25) is 0 Å². The molecule has 1 heteroatoms. The Bertz CT molecular complexity index is 819. The van der Waals surface area contributed by atoms with Crippen LogP contribution in [0.1, 0.15) is 16.7 Å². The van der Waals surface area contributed by atoms with Crippen LogP contribution in [0.2, 0.25) is 0 Å². The summed E-state index contributed by atoms with van der Waals surface area (Å²) in [6.07, 6.45) is 0. The molecule has 0 spiro atoms. The van der Waals surface area contributed by atoms with Gasteiger partial charge < -0.3 is 5.32 Å². The third-order valence-corrected chi connectivity index (χ3v) is 4.57. The van der Waals surface area contributed by atoms with Gasteiger partial charge in [0, 0.05) is 13.1 Å². The average molecular weight is 285 g/mol. The zero-order chi connectivity index (χ0) is 14.9. The Labute approximate surface area is 131 Å². The fourth-order valence-corrected chi connectivity index (χ4v) is 3.34. The second-order valence-corrected chi connectivity index (χ2v) is 5.93. The molecule has 0 bridgehead atoms. The zero-order valence-corrected chi connectivity index (χ0v) is 12.8. The molecule has 0 saturated heterocycles. The van der Waals surface area contributed by atoms with E-state index in [0.29, 0.717) is 0 Å². The number of hydrogen-bond donors (Lipinski definition) is 1. The summed E-state index contributed by atoms with van der Waals surface area (Å²) >= 11 is 0. The molecule has 0 amide bonds. The summed E-state index contributed by atoms with van der Waals surface area (Å²) in [5, 5.41) is 3.42. The molecule has 0 atom stereocenters. The van der Waals surface area contributed by atoms with Gasteiger partial charge in [-0.15, -0.1) is 0 Å². The molecule has 1 aliphatic rings. The molecule has 1 aliphatic heterocycles. The van der Waals surface area contributed by atoms with Gasteiger partial charge in [0.05, 0.1) is 0 Å². The van der Waals surface area contributed by atoms with E-state index in [1.165, 1.54) is 38.9 Å². The highest BCUT2D eigenvalue weighted by molar-refractivity contribution is 5.78. The van der Waals surface area contributed by atoms with Crippen LogP contribution >= 0.6 is 0 Å². The van der Waals surface area contributed by atoms with Gasteiger partial charge in [-0.25, -0.2) is 0 Å². The molecule has 0 radical (unpaired) electrons. The Morgan fingerprint density at radius 1 is 0.682 bits per heavy atom. The van der Waals surface area contributed by atoms with Crippen molar-refractivity contribution in [2.75, 3.05) is 0 Å². The third-order valence-electron chi connectivity index (χ3n) is 4.57. The smallest absolute Gasteiger partial charge is 0.0212 e. The first-order chi connectivity index (χ1) is 10.8. The summed E-state index contributed by atoms with van der Waals surface area (Å²) in [7, 11) is 0. The van der Waals surface area contributed by atoms with Crippen molar-refractivity contribution in [3.8, 4) is 22.3 Å². The topological polar surface area (TPSA) is 12.0 Å². The minimum Gasteiger partial charge on any atom is -0.309 e. The lowest BCUT2D eigenvalue weighted by Gasteiger charge is -2.13. The van der Waals surface area contributed by atoms with Crippen LogP contribution in [-0.4, -0.2) is 0 Å². The lowest BCUT2D eigenvalue weighted by molar-refractivity contribution is 0.765. The summed E-state index contributed by atoms with van der Waals surface area (Å²) < 4.78 is 0. The number of rotatable bonds is 2. The highest BCUT2D eigenvalue weighted by atomic mass is 14.9. The van der Waals surface area contributed by atoms with Crippen LogP contribution in [-0.2, 0) is 13.1 Å². The highest BCUT2D eigenvalue weighted by Crippen LogP contribution is 2.33. The molecule has 1 heterocycles. The summed E-state index contributed by atoms with van der Waals surface area (Å²) in [6, 6.07) is 24.1. The predicted octanol–water partition coefficient (Wildman–Crippen LogP) is 4.93. The van der Waals surface area contributed by atoms with Crippen LogP contribution in [0, 0.1) is 6.92 Å². The highest BCUT2D eigenvalue weighted by Gasteiger charge is 2.13. The van der Waals surface area contributed by atoms with Crippen LogP contribution in [0.4, 0.5) is 0 Å². The fraction of sp³-hybridized carbons (Fsp3) is 0.143. The van der Waals surface area contributed by atoms with Crippen molar-refractivity contribution in [1.29, 1.82) is 0 Å². The Morgan fingerprint density at radius 2 is 1.41 bits per heavy atom. The minimum absolute atomic E-state index is 0.987. The molecule has 0 unspecified atom stereocenters. The molecular weight excluding hydrogens is 266 g/mol. The van der Waals surface area contributed by atoms with E-state index in [2.05, 4.69) is 79.0 Å². The second-order valence-electron chi connectivity index (χ2n) is 5.93. The Balaban J connectivity index is 1.83. The molecule has 1 N–H and O–H groups in total. The van der Waals surface area contributed by atoms with Gasteiger partial charge in [-0.1, -0.05) is 60.7 Å². The molecule has 0 aliphatic carbocycles. The lowest BCUT2D eigenvalue weighted by atomic mass is 9.91. The van der Waals surface area contributed by atoms with Crippen LogP contribution in [0.25, 0.3) is 22.3 Å². The molecule has 1 nitrogen and oxygen atoms in total. The maximum Gasteiger partial charge on any atom is 0.0212 e. The molecule has 0 fully saturated rings. The predicted molar refractivity (Wildman–Crippen MR) is 92.6 cm³/mol. The first-order valence-corrected chi connectivity index (χ1v) is 7.81. The molecule has 0 saturated carbocycles. The molecule has 3 aromatic rings. The number of hydrogen-bond acceptors (Lipinski definition) is 1. The fourth-order valence-electron chi connectivity index (χ4n) is 3.34. The number of fused-ring (bicyclic) bond motifs is 1. The van der Waals surface area contributed by atoms with Crippen molar-refractivity contribution in [3.63, 3.8) is 0 Å². The molecule has 108 valence electrons. The van der Waals surface area contributed by atoms with Crippen molar-refractivity contribution in [2.45, 2.75) is 20.0 Å². The van der Waals surface area contributed by atoms with Gasteiger partial charge >= 0.3 is 0 Å². The molecular formula is C21H19N. The zero-order valence-electron chi connectivity index (χ0n) is 12.8. The van der Waals surface area contributed by atoms with E-state index in [9.17, 15) is 0 Å². The maximum absolute atomic E-state index is 3.42. The normalized spacial score (nSPS) is 13.1. The van der Waals surface area contributed by atoms with Crippen molar-refractivity contribution >= 4 is 0 Å². The van der Waals surface area contributed by atoms with E-state index in [4.69, 9.17) is 0 Å². The van der Waals surface area contributed by atoms with Crippen molar-refractivity contribution in [2.24, 2.45) is 0 Å². The first-order valence-electron chi connectivity index (χ1n) is 7.81. The molecule has 3 aromatic carbocycles. The SMILES string of the molecule is Cc1c(-c2ccccc2)cccc1-c1ccc2c(c1)CNC2. The third kappa shape index (κ3) is 2.24. The van der Waals surface area contributed by atoms with Gasteiger partial charge in [-0.2, -0.15) is 0 Å². The first kappa shape index (κ1) is 13.3. The van der Waals surface area contributed by atoms with E-state index in [-0.39, 0.29) is 0 Å².